The van der Waals surface area contributed by atoms with Crippen LogP contribution in [0.1, 0.15) is 19.8 Å². The first-order chi connectivity index (χ1) is 9.29. The van der Waals surface area contributed by atoms with Crippen LogP contribution in [0.2, 0.25) is 0 Å². The highest BCUT2D eigenvalue weighted by Gasteiger charge is 2.03. The van der Waals surface area contributed by atoms with Gasteiger partial charge in [-0.1, -0.05) is 13.3 Å². The number of furan rings is 1. The Morgan fingerprint density at radius 2 is 2.00 bits per heavy atom. The quantitative estimate of drug-likeness (QED) is 0.800. The zero-order valence-corrected chi connectivity index (χ0v) is 11.0. The molecule has 4 heteroatoms. The Kier molecular flexibility index (Phi) is 4.61. The monoisotopic (exact) mass is 258 g/mol. The molecule has 0 unspecified atom stereocenters. The fraction of sp³-hybridized carbons (Fsp3) is 0.267. The minimum Gasteiger partial charge on any atom is -0.464 e. The average molecular weight is 258 g/mol. The molecule has 19 heavy (non-hydrogen) atoms. The molecule has 1 aromatic heterocycles. The number of unbranched alkanes of at least 4 members (excludes halogenated alkanes) is 1. The lowest BCUT2D eigenvalue weighted by atomic mass is 10.1. The largest absolute Gasteiger partial charge is 0.464 e. The number of urea groups is 1. The molecule has 0 saturated heterocycles. The zero-order chi connectivity index (χ0) is 13.5. The number of hydrogen-bond acceptors (Lipinski definition) is 2. The fourth-order valence-electron chi connectivity index (χ4n) is 1.71. The molecule has 2 rings (SSSR count). The number of nitrogens with one attached hydrogen (secondary N) is 2. The SMILES string of the molecule is CCCCNC(=O)Nc1ccc(-c2ccco2)cc1. The third-order valence-corrected chi connectivity index (χ3v) is 2.76. The molecule has 2 aromatic rings. The summed E-state index contributed by atoms with van der Waals surface area (Å²) in [6, 6.07) is 11.1. The molecule has 0 bridgehead atoms. The normalized spacial score (nSPS) is 10.2. The highest BCUT2D eigenvalue weighted by molar-refractivity contribution is 5.89. The zero-order valence-electron chi connectivity index (χ0n) is 11.0. The molecule has 0 radical (unpaired) electrons. The van der Waals surface area contributed by atoms with Gasteiger partial charge in [0.25, 0.3) is 0 Å². The van der Waals surface area contributed by atoms with Gasteiger partial charge in [0.05, 0.1) is 6.26 Å². The summed E-state index contributed by atoms with van der Waals surface area (Å²) in [5.74, 6) is 0.818. The average Bonchev–Trinajstić information content (AvgIpc) is 2.94. The minimum atomic E-state index is -0.167. The molecule has 0 aliphatic rings. The van der Waals surface area contributed by atoms with Gasteiger partial charge in [-0.25, -0.2) is 4.79 Å². The van der Waals surface area contributed by atoms with Gasteiger partial charge >= 0.3 is 6.03 Å². The summed E-state index contributed by atoms with van der Waals surface area (Å²) in [5.41, 5.74) is 1.76. The maximum Gasteiger partial charge on any atom is 0.319 e. The number of hydrogen-bond donors (Lipinski definition) is 2. The van der Waals surface area contributed by atoms with Gasteiger partial charge in [0, 0.05) is 17.8 Å². The van der Waals surface area contributed by atoms with E-state index in [4.69, 9.17) is 4.42 Å². The Balaban J connectivity index is 1.90. The van der Waals surface area contributed by atoms with Crippen LogP contribution < -0.4 is 10.6 Å². The molecule has 1 aromatic carbocycles. The van der Waals surface area contributed by atoms with Crippen molar-refractivity contribution in [3.8, 4) is 11.3 Å². The van der Waals surface area contributed by atoms with Gasteiger partial charge < -0.3 is 15.1 Å². The van der Waals surface area contributed by atoms with Crippen molar-refractivity contribution < 1.29 is 9.21 Å². The summed E-state index contributed by atoms with van der Waals surface area (Å²) in [7, 11) is 0. The van der Waals surface area contributed by atoms with Gasteiger partial charge in [-0.3, -0.25) is 0 Å². The van der Waals surface area contributed by atoms with Gasteiger partial charge in [0.15, 0.2) is 0 Å². The Morgan fingerprint density at radius 1 is 1.21 bits per heavy atom. The van der Waals surface area contributed by atoms with E-state index in [0.717, 1.165) is 29.9 Å². The van der Waals surface area contributed by atoms with Crippen LogP contribution in [0.3, 0.4) is 0 Å². The topological polar surface area (TPSA) is 54.3 Å². The molecule has 0 saturated carbocycles. The number of benzene rings is 1. The molecule has 0 aliphatic carbocycles. The summed E-state index contributed by atoms with van der Waals surface area (Å²) >= 11 is 0. The van der Waals surface area contributed by atoms with Crippen molar-refractivity contribution >= 4 is 11.7 Å². The number of anilines is 1. The molecule has 100 valence electrons. The van der Waals surface area contributed by atoms with Gasteiger partial charge in [-0.05, 0) is 42.8 Å². The number of amides is 2. The molecule has 2 amide bonds. The van der Waals surface area contributed by atoms with Crippen molar-refractivity contribution in [3.63, 3.8) is 0 Å². The second-order valence-electron chi connectivity index (χ2n) is 4.29. The molecule has 0 fully saturated rings. The van der Waals surface area contributed by atoms with Crippen molar-refractivity contribution in [2.45, 2.75) is 19.8 Å². The highest BCUT2D eigenvalue weighted by Crippen LogP contribution is 2.21. The summed E-state index contributed by atoms with van der Waals surface area (Å²) in [6.45, 7) is 2.79. The van der Waals surface area contributed by atoms with E-state index in [1.807, 2.05) is 36.4 Å². The van der Waals surface area contributed by atoms with Crippen LogP contribution >= 0.6 is 0 Å². The predicted octanol–water partition coefficient (Wildman–Crippen LogP) is 3.87. The lowest BCUT2D eigenvalue weighted by Crippen LogP contribution is -2.29. The van der Waals surface area contributed by atoms with E-state index in [1.165, 1.54) is 0 Å². The summed E-state index contributed by atoms with van der Waals surface area (Å²) in [4.78, 5) is 11.6. The molecule has 0 atom stereocenters. The molecule has 2 N–H and O–H groups in total. The summed E-state index contributed by atoms with van der Waals surface area (Å²) in [6.07, 6.45) is 3.70. The maximum atomic E-state index is 11.6. The smallest absolute Gasteiger partial charge is 0.319 e. The van der Waals surface area contributed by atoms with Crippen LogP contribution in [-0.4, -0.2) is 12.6 Å². The van der Waals surface area contributed by atoms with Crippen LogP contribution in [0.5, 0.6) is 0 Å². The van der Waals surface area contributed by atoms with Crippen molar-refractivity contribution in [1.29, 1.82) is 0 Å². The lowest BCUT2D eigenvalue weighted by Gasteiger charge is -2.07. The third-order valence-electron chi connectivity index (χ3n) is 2.76. The van der Waals surface area contributed by atoms with E-state index in [-0.39, 0.29) is 6.03 Å². The Labute approximate surface area is 112 Å². The maximum absolute atomic E-state index is 11.6. The molecular formula is C15H18N2O2. The van der Waals surface area contributed by atoms with E-state index in [1.54, 1.807) is 6.26 Å². The van der Waals surface area contributed by atoms with Gasteiger partial charge in [-0.2, -0.15) is 0 Å². The van der Waals surface area contributed by atoms with E-state index < -0.39 is 0 Å². The summed E-state index contributed by atoms with van der Waals surface area (Å²) < 4.78 is 5.31. The standard InChI is InChI=1S/C15H18N2O2/c1-2-3-10-16-15(18)17-13-8-6-12(7-9-13)14-5-4-11-19-14/h4-9,11H,2-3,10H2,1H3,(H2,16,17,18). The van der Waals surface area contributed by atoms with Crippen molar-refractivity contribution in [2.75, 3.05) is 11.9 Å². The van der Waals surface area contributed by atoms with Crippen LogP contribution in [0.25, 0.3) is 11.3 Å². The van der Waals surface area contributed by atoms with E-state index in [9.17, 15) is 4.79 Å². The minimum absolute atomic E-state index is 0.167. The molecule has 1 heterocycles. The van der Waals surface area contributed by atoms with Crippen molar-refractivity contribution in [3.05, 3.63) is 42.7 Å². The molecule has 4 nitrogen and oxygen atoms in total. The fourth-order valence-corrected chi connectivity index (χ4v) is 1.71. The van der Waals surface area contributed by atoms with Crippen LogP contribution in [0.15, 0.2) is 47.1 Å². The van der Waals surface area contributed by atoms with Crippen LogP contribution in [-0.2, 0) is 0 Å². The van der Waals surface area contributed by atoms with E-state index in [0.29, 0.717) is 6.54 Å². The lowest BCUT2D eigenvalue weighted by molar-refractivity contribution is 0.252. The van der Waals surface area contributed by atoms with Gasteiger partial charge in [0.1, 0.15) is 5.76 Å². The van der Waals surface area contributed by atoms with E-state index >= 15 is 0 Å². The third kappa shape index (κ3) is 3.88. The Bertz CT molecular complexity index is 503. The molecule has 0 aliphatic heterocycles. The second-order valence-corrected chi connectivity index (χ2v) is 4.29. The molecule has 0 spiro atoms. The first-order valence-corrected chi connectivity index (χ1v) is 6.48. The number of carbonyl (C=O) groups excluding carboxylic acids is 1. The van der Waals surface area contributed by atoms with Crippen LogP contribution in [0.4, 0.5) is 10.5 Å². The summed E-state index contributed by atoms with van der Waals surface area (Å²) in [5, 5.41) is 5.60. The Morgan fingerprint density at radius 3 is 2.63 bits per heavy atom. The van der Waals surface area contributed by atoms with Crippen molar-refractivity contribution in [2.24, 2.45) is 0 Å². The first-order valence-electron chi connectivity index (χ1n) is 6.48. The number of carbonyl (C=O) groups is 1. The first kappa shape index (κ1) is 13.2. The molecular weight excluding hydrogens is 240 g/mol. The van der Waals surface area contributed by atoms with Crippen molar-refractivity contribution in [1.82, 2.24) is 5.32 Å². The Hall–Kier alpha value is -2.23. The number of rotatable bonds is 5. The van der Waals surface area contributed by atoms with Gasteiger partial charge in [-0.15, -0.1) is 0 Å². The predicted molar refractivity (Wildman–Crippen MR) is 76.1 cm³/mol. The van der Waals surface area contributed by atoms with Gasteiger partial charge in [0.2, 0.25) is 0 Å². The second kappa shape index (κ2) is 6.64. The highest BCUT2D eigenvalue weighted by atomic mass is 16.3. The van der Waals surface area contributed by atoms with E-state index in [2.05, 4.69) is 17.6 Å². The van der Waals surface area contributed by atoms with Crippen LogP contribution in [0, 0.1) is 0 Å².